The lowest BCUT2D eigenvalue weighted by Crippen LogP contribution is -1.78. The van der Waals surface area contributed by atoms with E-state index in [-0.39, 0.29) is 0 Å². The summed E-state index contributed by atoms with van der Waals surface area (Å²) in [6.07, 6.45) is 8.68. The van der Waals surface area contributed by atoms with Crippen molar-refractivity contribution >= 4 is 35.2 Å². The van der Waals surface area contributed by atoms with Crippen LogP contribution in [0.1, 0.15) is 27.9 Å². The molecule has 0 aliphatic heterocycles. The van der Waals surface area contributed by atoms with Gasteiger partial charge in [0.2, 0.25) is 0 Å². The Morgan fingerprint density at radius 1 is 0.615 bits per heavy atom. The van der Waals surface area contributed by atoms with Gasteiger partial charge in [-0.2, -0.15) is 0 Å². The zero-order valence-corrected chi connectivity index (χ0v) is 14.8. The summed E-state index contributed by atoms with van der Waals surface area (Å²) in [5.41, 5.74) is 7.17. The number of nitrogens with one attached hydrogen (secondary N) is 1. The average molecular weight is 335 g/mol. The minimum Gasteiger partial charge on any atom is -0.355 e. The molecule has 0 saturated heterocycles. The van der Waals surface area contributed by atoms with Crippen LogP contribution in [0.4, 0.5) is 0 Å². The predicted octanol–water partition coefficient (Wildman–Crippen LogP) is 6.82. The van der Waals surface area contributed by atoms with Gasteiger partial charge in [0, 0.05) is 22.2 Å². The number of rotatable bonds is 4. The molecule has 0 aliphatic carbocycles. The van der Waals surface area contributed by atoms with E-state index in [1.807, 2.05) is 6.07 Å². The molecule has 0 fully saturated rings. The van der Waals surface area contributed by atoms with E-state index in [9.17, 15) is 0 Å². The molecule has 1 N–H and O–H groups in total. The molecule has 126 valence electrons. The fraction of sp³-hybridized carbons (Fsp3) is 0.0400. The summed E-state index contributed by atoms with van der Waals surface area (Å²) in [6.45, 7) is 2.11. The summed E-state index contributed by atoms with van der Waals surface area (Å²) in [7, 11) is 0. The van der Waals surface area contributed by atoms with Crippen LogP contribution < -0.4 is 0 Å². The quantitative estimate of drug-likeness (QED) is 0.421. The Hall–Kier alpha value is -3.32. The number of fused-ring (bicyclic) bond motifs is 1. The molecular weight excluding hydrogens is 314 g/mol. The third-order valence-corrected chi connectivity index (χ3v) is 4.54. The van der Waals surface area contributed by atoms with Gasteiger partial charge in [-0.3, -0.25) is 0 Å². The second-order valence-corrected chi connectivity index (χ2v) is 6.49. The molecule has 0 amide bonds. The van der Waals surface area contributed by atoms with Gasteiger partial charge in [-0.1, -0.05) is 96.6 Å². The van der Waals surface area contributed by atoms with E-state index in [0.717, 1.165) is 11.2 Å². The molecule has 0 radical (unpaired) electrons. The fourth-order valence-electron chi connectivity index (χ4n) is 3.10. The summed E-state index contributed by atoms with van der Waals surface area (Å²) in [5.74, 6) is 0. The van der Waals surface area contributed by atoms with Crippen LogP contribution in [0.2, 0.25) is 0 Å². The lowest BCUT2D eigenvalue weighted by atomic mass is 10.1. The van der Waals surface area contributed by atoms with E-state index in [0.29, 0.717) is 0 Å². The zero-order chi connectivity index (χ0) is 17.8. The van der Waals surface area contributed by atoms with Gasteiger partial charge < -0.3 is 4.98 Å². The Balaban J connectivity index is 1.74. The smallest absolute Gasteiger partial charge is 0.0465 e. The second-order valence-electron chi connectivity index (χ2n) is 6.49. The minimum atomic E-state index is 1.12. The summed E-state index contributed by atoms with van der Waals surface area (Å²) >= 11 is 0. The fourth-order valence-corrected chi connectivity index (χ4v) is 3.10. The predicted molar refractivity (Wildman–Crippen MR) is 114 cm³/mol. The van der Waals surface area contributed by atoms with Gasteiger partial charge in [0.1, 0.15) is 0 Å². The van der Waals surface area contributed by atoms with Crippen LogP contribution in [0, 0.1) is 6.92 Å². The topological polar surface area (TPSA) is 15.8 Å². The third-order valence-electron chi connectivity index (χ3n) is 4.54. The van der Waals surface area contributed by atoms with Gasteiger partial charge in [0.15, 0.2) is 0 Å². The number of aryl methyl sites for hydroxylation is 1. The molecule has 1 heterocycles. The maximum atomic E-state index is 3.54. The standard InChI is InChI=1S/C25H21N/c1-19-11-13-21(14-12-19)16-18-25-23(17-15-20-7-3-2-4-8-20)22-9-5-6-10-24(22)26-25/h2-18,26H,1H3/b17-15+,18-16+. The summed E-state index contributed by atoms with van der Waals surface area (Å²) < 4.78 is 0. The molecule has 1 aromatic heterocycles. The SMILES string of the molecule is Cc1ccc(/C=C/c2[nH]c3ccccc3c2/C=C/c2ccccc2)cc1. The van der Waals surface area contributed by atoms with Gasteiger partial charge in [0.05, 0.1) is 0 Å². The van der Waals surface area contributed by atoms with Crippen LogP contribution in [0.15, 0.2) is 78.9 Å². The van der Waals surface area contributed by atoms with E-state index in [1.165, 1.54) is 27.6 Å². The molecule has 4 aromatic rings. The van der Waals surface area contributed by atoms with E-state index in [2.05, 4.69) is 109 Å². The van der Waals surface area contributed by atoms with Crippen molar-refractivity contribution in [2.24, 2.45) is 0 Å². The Bertz CT molecular complexity index is 1060. The Labute approximate surface area is 154 Å². The van der Waals surface area contributed by atoms with Crippen LogP contribution in [0.25, 0.3) is 35.2 Å². The number of benzene rings is 3. The van der Waals surface area contributed by atoms with Gasteiger partial charge in [-0.05, 0) is 30.2 Å². The van der Waals surface area contributed by atoms with E-state index >= 15 is 0 Å². The lowest BCUT2D eigenvalue weighted by Gasteiger charge is -1.97. The van der Waals surface area contributed by atoms with Crippen LogP contribution in [0.3, 0.4) is 0 Å². The lowest BCUT2D eigenvalue weighted by molar-refractivity contribution is 1.42. The van der Waals surface area contributed by atoms with Crippen molar-refractivity contribution in [1.82, 2.24) is 4.98 Å². The molecule has 0 saturated carbocycles. The second kappa shape index (κ2) is 7.28. The maximum Gasteiger partial charge on any atom is 0.0465 e. The minimum absolute atomic E-state index is 1.12. The highest BCUT2D eigenvalue weighted by molar-refractivity contribution is 5.96. The molecule has 0 bridgehead atoms. The molecule has 26 heavy (non-hydrogen) atoms. The Morgan fingerprint density at radius 3 is 2.08 bits per heavy atom. The Kier molecular flexibility index (Phi) is 4.53. The summed E-state index contributed by atoms with van der Waals surface area (Å²) in [6, 6.07) is 27.4. The highest BCUT2D eigenvalue weighted by atomic mass is 14.7. The van der Waals surface area contributed by atoms with Gasteiger partial charge in [-0.15, -0.1) is 0 Å². The molecule has 0 atom stereocenters. The normalized spacial score (nSPS) is 11.7. The van der Waals surface area contributed by atoms with Crippen LogP contribution in [0.5, 0.6) is 0 Å². The van der Waals surface area contributed by atoms with Crippen molar-refractivity contribution in [1.29, 1.82) is 0 Å². The molecule has 1 nitrogen and oxygen atoms in total. The summed E-state index contributed by atoms with van der Waals surface area (Å²) in [4.78, 5) is 3.54. The number of aromatic amines is 1. The zero-order valence-electron chi connectivity index (χ0n) is 14.8. The first-order valence-electron chi connectivity index (χ1n) is 8.88. The molecule has 0 aliphatic rings. The van der Waals surface area contributed by atoms with Gasteiger partial charge in [0.25, 0.3) is 0 Å². The van der Waals surface area contributed by atoms with E-state index in [1.54, 1.807) is 0 Å². The first kappa shape index (κ1) is 16.2. The van der Waals surface area contributed by atoms with E-state index < -0.39 is 0 Å². The third kappa shape index (κ3) is 3.52. The highest BCUT2D eigenvalue weighted by Crippen LogP contribution is 2.26. The number of aromatic nitrogens is 1. The number of H-pyrrole nitrogens is 1. The molecule has 1 heteroatoms. The Morgan fingerprint density at radius 2 is 1.27 bits per heavy atom. The molecule has 0 unspecified atom stereocenters. The first-order chi connectivity index (χ1) is 12.8. The molecule has 4 rings (SSSR count). The van der Waals surface area contributed by atoms with E-state index in [4.69, 9.17) is 0 Å². The number of hydrogen-bond donors (Lipinski definition) is 1. The van der Waals surface area contributed by atoms with Crippen LogP contribution in [-0.4, -0.2) is 4.98 Å². The molecular formula is C25H21N. The van der Waals surface area contributed by atoms with Crippen molar-refractivity contribution in [3.8, 4) is 0 Å². The number of para-hydroxylation sites is 1. The van der Waals surface area contributed by atoms with Crippen LogP contribution in [-0.2, 0) is 0 Å². The number of hydrogen-bond acceptors (Lipinski definition) is 0. The monoisotopic (exact) mass is 335 g/mol. The van der Waals surface area contributed by atoms with Crippen molar-refractivity contribution < 1.29 is 0 Å². The first-order valence-corrected chi connectivity index (χ1v) is 8.88. The van der Waals surface area contributed by atoms with Crippen molar-refractivity contribution in [2.75, 3.05) is 0 Å². The average Bonchev–Trinajstić information content (AvgIpc) is 3.04. The highest BCUT2D eigenvalue weighted by Gasteiger charge is 2.06. The van der Waals surface area contributed by atoms with Crippen molar-refractivity contribution in [2.45, 2.75) is 6.92 Å². The maximum absolute atomic E-state index is 3.54. The van der Waals surface area contributed by atoms with Crippen LogP contribution >= 0.6 is 0 Å². The largest absolute Gasteiger partial charge is 0.355 e. The summed E-state index contributed by atoms with van der Waals surface area (Å²) in [5, 5.41) is 1.24. The molecule has 3 aromatic carbocycles. The van der Waals surface area contributed by atoms with Crippen molar-refractivity contribution in [3.05, 3.63) is 107 Å². The van der Waals surface area contributed by atoms with Gasteiger partial charge in [-0.25, -0.2) is 0 Å². The van der Waals surface area contributed by atoms with Gasteiger partial charge >= 0.3 is 0 Å². The van der Waals surface area contributed by atoms with Crippen molar-refractivity contribution in [3.63, 3.8) is 0 Å². The molecule has 0 spiro atoms.